The zero-order valence-electron chi connectivity index (χ0n) is 38.9. The Kier molecular flexibility index (Phi) is 15.0. The average Bonchev–Trinajstić information content (AvgIpc) is 4.02. The smallest absolute Gasteiger partial charge is 0.410 e. The highest BCUT2D eigenvalue weighted by molar-refractivity contribution is 5.87. The quantitative estimate of drug-likeness (QED) is 0.168. The van der Waals surface area contributed by atoms with E-state index in [0.717, 1.165) is 42.8 Å². The third-order valence-electron chi connectivity index (χ3n) is 11.5. The number of amides is 4. The van der Waals surface area contributed by atoms with Crippen molar-refractivity contribution in [3.05, 3.63) is 95.6 Å². The van der Waals surface area contributed by atoms with Crippen LogP contribution in [0.3, 0.4) is 0 Å². The van der Waals surface area contributed by atoms with Gasteiger partial charge in [0.25, 0.3) is 0 Å². The monoisotopic (exact) mass is 927 g/mol. The van der Waals surface area contributed by atoms with Crippen LogP contribution in [0.25, 0.3) is 0 Å². The van der Waals surface area contributed by atoms with Gasteiger partial charge < -0.3 is 39.2 Å². The minimum absolute atomic E-state index is 0.0184. The summed E-state index contributed by atoms with van der Waals surface area (Å²) in [5.41, 5.74) is -1.21. The van der Waals surface area contributed by atoms with Crippen LogP contribution in [-0.2, 0) is 25.6 Å². The Morgan fingerprint density at radius 3 is 1.74 bits per heavy atom. The molecular formula is C48H61F4N5O9. The van der Waals surface area contributed by atoms with Crippen LogP contribution in [-0.4, -0.2) is 119 Å². The third-order valence-corrected chi connectivity index (χ3v) is 11.5. The van der Waals surface area contributed by atoms with Crippen LogP contribution < -0.4 is 20.1 Å². The molecule has 3 aromatic rings. The maximum atomic E-state index is 14.1. The lowest BCUT2D eigenvalue weighted by molar-refractivity contribution is -0.138. The Morgan fingerprint density at radius 1 is 0.682 bits per heavy atom. The first-order valence-corrected chi connectivity index (χ1v) is 22.1. The van der Waals surface area contributed by atoms with Gasteiger partial charge in [-0.25, -0.2) is 31.9 Å². The Bertz CT molecular complexity index is 2220. The molecule has 4 amide bonds. The lowest BCUT2D eigenvalue weighted by Gasteiger charge is -2.36. The molecule has 4 fully saturated rings. The number of nitrogens with one attached hydrogen (secondary N) is 2. The molecule has 66 heavy (non-hydrogen) atoms. The molecule has 360 valence electrons. The van der Waals surface area contributed by atoms with Crippen molar-refractivity contribution in [2.75, 3.05) is 26.2 Å². The molecular weight excluding hydrogens is 867 g/mol. The van der Waals surface area contributed by atoms with Gasteiger partial charge in [-0.05, 0) is 96.2 Å². The number of fused-ring (bicyclic) bond motifs is 2. The minimum Gasteiger partial charge on any atom is -0.487 e. The van der Waals surface area contributed by atoms with E-state index in [9.17, 15) is 36.7 Å². The lowest BCUT2D eigenvalue weighted by Crippen LogP contribution is -2.58. The van der Waals surface area contributed by atoms with Gasteiger partial charge in [0.05, 0.1) is 37.3 Å². The fourth-order valence-electron chi connectivity index (χ4n) is 8.59. The zero-order valence-corrected chi connectivity index (χ0v) is 38.9. The van der Waals surface area contributed by atoms with Gasteiger partial charge in [0.2, 0.25) is 5.91 Å². The fourth-order valence-corrected chi connectivity index (χ4v) is 8.59. The van der Waals surface area contributed by atoms with E-state index in [1.165, 1.54) is 17.0 Å². The molecule has 4 saturated heterocycles. The molecule has 7 rings (SSSR count). The van der Waals surface area contributed by atoms with Crippen molar-refractivity contribution in [1.29, 1.82) is 0 Å². The van der Waals surface area contributed by atoms with Gasteiger partial charge in [-0.1, -0.05) is 51.1 Å². The topological polar surface area (TPSA) is 148 Å². The first-order valence-electron chi connectivity index (χ1n) is 22.1. The number of nitrogens with zero attached hydrogens (tertiary/aromatic N) is 3. The van der Waals surface area contributed by atoms with Gasteiger partial charge in [0, 0.05) is 18.7 Å². The van der Waals surface area contributed by atoms with Crippen molar-refractivity contribution in [2.45, 2.75) is 135 Å². The minimum atomic E-state index is -1.07. The number of rotatable bonds is 8. The summed E-state index contributed by atoms with van der Waals surface area (Å²) in [4.78, 5) is 57.3. The molecule has 18 heteroatoms. The number of carbonyl (C=O) groups is 4. The van der Waals surface area contributed by atoms with Crippen LogP contribution in [0.4, 0.5) is 31.9 Å². The van der Waals surface area contributed by atoms with Gasteiger partial charge >= 0.3 is 18.3 Å². The molecule has 0 spiro atoms. The van der Waals surface area contributed by atoms with Gasteiger partial charge in [0.15, 0.2) is 23.3 Å². The van der Waals surface area contributed by atoms with Gasteiger partial charge in [-0.3, -0.25) is 14.6 Å². The summed E-state index contributed by atoms with van der Waals surface area (Å²) in [6.45, 7) is 17.7. The first kappa shape index (κ1) is 49.6. The summed E-state index contributed by atoms with van der Waals surface area (Å²) in [6.07, 6.45) is -1.51. The molecule has 0 radical (unpaired) electrons. The molecule has 4 heterocycles. The molecule has 7 atom stereocenters. The second kappa shape index (κ2) is 20.0. The van der Waals surface area contributed by atoms with Crippen molar-refractivity contribution in [3.63, 3.8) is 0 Å². The van der Waals surface area contributed by atoms with Crippen LogP contribution in [0.15, 0.2) is 66.7 Å². The Balaban J connectivity index is 0.000000253. The van der Waals surface area contributed by atoms with Crippen molar-refractivity contribution in [1.82, 2.24) is 25.3 Å². The number of alkyl carbamates (subject to hydrolysis) is 1. The maximum Gasteiger partial charge on any atom is 0.410 e. The molecule has 14 nitrogen and oxygen atoms in total. The molecule has 0 saturated carbocycles. The van der Waals surface area contributed by atoms with Gasteiger partial charge in [0.1, 0.15) is 47.6 Å². The highest BCUT2D eigenvalue weighted by Crippen LogP contribution is 2.37. The summed E-state index contributed by atoms with van der Waals surface area (Å²) in [6, 6.07) is 13.7. The van der Waals surface area contributed by atoms with E-state index in [2.05, 4.69) is 10.6 Å². The molecule has 3 aromatic carbocycles. The first-order chi connectivity index (χ1) is 30.9. The standard InChI is InChI=1S/C31H39F2N3O6.C17H22F2N2O3/c1-30(2,3)26(34-28(38)40-18-19-10-8-7-9-11-19)27(37)35-15-14-23-25(35)24(17-36(23)29(39)42-31(4,5)6)41-20-12-13-21(32)22(33)16-20;1-17(2,3)24-16(22)21-9-14(15-13(21)6-7-20-15)23-10-4-5-11(18)12(19)8-10/h7-13,16,23-26H,14-15,17-18H2,1-6H3,(H,34,38);4-5,8,13-15,20H,6-7,9H2,1-3H3/t23-,24+,25+,26-;13-,14+,15+/m11/s1. The highest BCUT2D eigenvalue weighted by atomic mass is 19.2. The Morgan fingerprint density at radius 2 is 1.21 bits per heavy atom. The van der Waals surface area contributed by atoms with Crippen LogP contribution in [0.2, 0.25) is 0 Å². The molecule has 4 aliphatic rings. The van der Waals surface area contributed by atoms with E-state index in [1.807, 2.05) is 71.9 Å². The third kappa shape index (κ3) is 12.4. The van der Waals surface area contributed by atoms with Crippen molar-refractivity contribution in [3.8, 4) is 11.5 Å². The second-order valence-electron chi connectivity index (χ2n) is 19.9. The van der Waals surface area contributed by atoms with Crippen molar-refractivity contribution >= 4 is 24.2 Å². The number of hydrogen-bond acceptors (Lipinski definition) is 10. The summed E-state index contributed by atoms with van der Waals surface area (Å²) in [5, 5.41) is 6.06. The van der Waals surface area contributed by atoms with Crippen molar-refractivity contribution in [2.24, 2.45) is 5.41 Å². The number of hydrogen-bond donors (Lipinski definition) is 2. The van der Waals surface area contributed by atoms with E-state index in [4.69, 9.17) is 23.7 Å². The Labute approximate surface area is 383 Å². The molecule has 2 N–H and O–H groups in total. The van der Waals surface area contributed by atoms with E-state index >= 15 is 0 Å². The van der Waals surface area contributed by atoms with Crippen LogP contribution in [0, 0.1) is 28.7 Å². The van der Waals surface area contributed by atoms with E-state index in [-0.39, 0.29) is 54.8 Å². The normalized spacial score (nSPS) is 23.0. The summed E-state index contributed by atoms with van der Waals surface area (Å²) < 4.78 is 82.3. The number of likely N-dealkylation sites (tertiary alicyclic amines) is 3. The predicted molar refractivity (Wildman–Crippen MR) is 235 cm³/mol. The largest absolute Gasteiger partial charge is 0.487 e. The second-order valence-corrected chi connectivity index (χ2v) is 19.9. The molecule has 0 aromatic heterocycles. The SMILES string of the molecule is CC(C)(C)OC(=O)N1C[C@H](Oc2ccc(F)c(F)c2)[C@@H]2[C@H]1CCN2C(=O)[C@@H](NC(=O)OCc1ccccc1)C(C)(C)C.CC(C)(C)OC(=O)N1C[C@H](Oc2ccc(F)c(F)c2)[C@H]2NCC[C@H]21. The molecule has 4 aliphatic heterocycles. The number of halogens is 4. The van der Waals surface area contributed by atoms with E-state index < -0.39 is 76.3 Å². The summed E-state index contributed by atoms with van der Waals surface area (Å²) in [5.74, 6) is -4.01. The predicted octanol–water partition coefficient (Wildman–Crippen LogP) is 7.97. The fraction of sp³-hybridized carbons (Fsp3) is 0.542. The maximum absolute atomic E-state index is 14.1. The van der Waals surface area contributed by atoms with Gasteiger partial charge in [-0.15, -0.1) is 0 Å². The lowest BCUT2D eigenvalue weighted by atomic mass is 9.85. The summed E-state index contributed by atoms with van der Waals surface area (Å²) >= 11 is 0. The Hall–Kier alpha value is -5.78. The van der Waals surface area contributed by atoms with E-state index in [1.54, 1.807) is 30.6 Å². The van der Waals surface area contributed by atoms with Crippen LogP contribution in [0.5, 0.6) is 11.5 Å². The zero-order chi connectivity index (χ0) is 48.3. The van der Waals surface area contributed by atoms with Crippen molar-refractivity contribution < 1.29 is 60.4 Å². The number of ether oxygens (including phenoxy) is 5. The number of benzene rings is 3. The number of carbonyl (C=O) groups excluding carboxylic acids is 4. The average molecular weight is 928 g/mol. The van der Waals surface area contributed by atoms with Gasteiger partial charge in [-0.2, -0.15) is 0 Å². The van der Waals surface area contributed by atoms with E-state index in [0.29, 0.717) is 19.5 Å². The molecule has 0 unspecified atom stereocenters. The van der Waals surface area contributed by atoms with Crippen LogP contribution >= 0.6 is 0 Å². The molecule has 0 bridgehead atoms. The highest BCUT2D eigenvalue weighted by Gasteiger charge is 2.55. The molecule has 0 aliphatic carbocycles. The summed E-state index contributed by atoms with van der Waals surface area (Å²) in [7, 11) is 0. The van der Waals surface area contributed by atoms with Crippen LogP contribution in [0.1, 0.15) is 80.7 Å².